The number of hydrogen-bond donors (Lipinski definition) is 0. The molecule has 1 fully saturated rings. The largest absolute Gasteiger partial charge is 0.454 e. The summed E-state index contributed by atoms with van der Waals surface area (Å²) in [4.78, 5) is 2.55. The van der Waals surface area contributed by atoms with E-state index in [2.05, 4.69) is 64.1 Å². The highest BCUT2D eigenvalue weighted by Gasteiger charge is 2.24. The average Bonchev–Trinajstić information content (AvgIpc) is 3.36. The van der Waals surface area contributed by atoms with Gasteiger partial charge in [-0.15, -0.1) is 0 Å². The topological polar surface area (TPSA) is 26.6 Å². The third kappa shape index (κ3) is 2.87. The summed E-state index contributed by atoms with van der Waals surface area (Å²) in [5.74, 6) is 1.73. The van der Waals surface area contributed by atoms with Crippen molar-refractivity contribution in [3.8, 4) is 11.5 Å². The summed E-state index contributed by atoms with van der Waals surface area (Å²) in [5, 5.41) is 2.55. The summed E-state index contributed by atoms with van der Waals surface area (Å²) in [5.41, 5.74) is 3.93. The number of nitrogens with zero attached hydrogens (tertiary/aromatic N) is 2. The van der Waals surface area contributed by atoms with Crippen LogP contribution in [0, 0.1) is 6.07 Å². The van der Waals surface area contributed by atoms with Crippen molar-refractivity contribution in [3.63, 3.8) is 0 Å². The number of ether oxygens (including phenoxy) is 2. The molecule has 3 heterocycles. The van der Waals surface area contributed by atoms with E-state index in [9.17, 15) is 0 Å². The van der Waals surface area contributed by atoms with E-state index in [1.807, 2.05) is 12.1 Å². The van der Waals surface area contributed by atoms with Gasteiger partial charge in [0.1, 0.15) is 0 Å². The van der Waals surface area contributed by atoms with E-state index in [1.165, 1.54) is 27.4 Å². The minimum absolute atomic E-state index is 0.334. The van der Waals surface area contributed by atoms with Crippen LogP contribution >= 0.6 is 0 Å². The maximum absolute atomic E-state index is 5.53. The Morgan fingerprint density at radius 1 is 0.897 bits per heavy atom. The molecule has 3 aromatic carbocycles. The van der Waals surface area contributed by atoms with E-state index < -0.39 is 0 Å². The van der Waals surface area contributed by atoms with Crippen molar-refractivity contribution in [2.24, 2.45) is 0 Å². The minimum Gasteiger partial charge on any atom is -0.454 e. The Morgan fingerprint density at radius 3 is 2.66 bits per heavy atom. The van der Waals surface area contributed by atoms with Gasteiger partial charge in [0.2, 0.25) is 6.79 Å². The molecule has 1 radical (unpaired) electrons. The van der Waals surface area contributed by atoms with Crippen molar-refractivity contribution in [1.29, 1.82) is 0 Å². The summed E-state index contributed by atoms with van der Waals surface area (Å²) in [6.07, 6.45) is 2.32. The van der Waals surface area contributed by atoms with Gasteiger partial charge in [0.15, 0.2) is 11.5 Å². The summed E-state index contributed by atoms with van der Waals surface area (Å²) in [6.45, 7) is 3.50. The Kier molecular flexibility index (Phi) is 3.98. The van der Waals surface area contributed by atoms with Gasteiger partial charge in [0.05, 0.1) is 0 Å². The molecule has 0 unspecified atom stereocenters. The molecular weight excluding hydrogens is 360 g/mol. The van der Waals surface area contributed by atoms with E-state index in [4.69, 9.17) is 9.47 Å². The van der Waals surface area contributed by atoms with Gasteiger partial charge in [0, 0.05) is 47.5 Å². The Balaban J connectivity index is 1.23. The Labute approximate surface area is 170 Å². The Hall–Kier alpha value is -2.98. The zero-order chi connectivity index (χ0) is 19.2. The fourth-order valence-electron chi connectivity index (χ4n) is 4.90. The number of fused-ring (bicyclic) bond motifs is 4. The monoisotopic (exact) mass is 383 g/mol. The lowest BCUT2D eigenvalue weighted by atomic mass is 10.0. The lowest BCUT2D eigenvalue weighted by Gasteiger charge is -2.33. The van der Waals surface area contributed by atoms with Crippen LogP contribution in [0.15, 0.2) is 60.7 Å². The second kappa shape index (κ2) is 6.82. The van der Waals surface area contributed by atoms with Gasteiger partial charge in [-0.2, -0.15) is 0 Å². The first-order valence-corrected chi connectivity index (χ1v) is 10.4. The standard InChI is InChI=1S/C25H23N2O2/c1-3-7-22-20(5-1)21-6-2-4-8-23(21)27(22)19-11-13-26(14-12-19)16-18-9-10-24-25(15-18)29-17-28-24/h1-5,7-10,15,19H,11-14,16-17H2. The Bertz CT molecular complexity index is 1130. The highest BCUT2D eigenvalue weighted by molar-refractivity contribution is 6.07. The third-order valence-corrected chi connectivity index (χ3v) is 6.29. The molecule has 0 amide bonds. The first-order chi connectivity index (χ1) is 14.4. The van der Waals surface area contributed by atoms with Crippen LogP contribution in [-0.2, 0) is 6.54 Å². The molecule has 4 nitrogen and oxygen atoms in total. The van der Waals surface area contributed by atoms with Crippen LogP contribution in [0.3, 0.4) is 0 Å². The second-order valence-electron chi connectivity index (χ2n) is 8.01. The first-order valence-electron chi connectivity index (χ1n) is 10.4. The number of para-hydroxylation sites is 1. The fraction of sp³-hybridized carbons (Fsp3) is 0.280. The van der Waals surface area contributed by atoms with E-state index in [0.717, 1.165) is 44.0 Å². The molecule has 4 aromatic rings. The van der Waals surface area contributed by atoms with Crippen molar-refractivity contribution < 1.29 is 9.47 Å². The van der Waals surface area contributed by atoms with E-state index in [-0.39, 0.29) is 0 Å². The van der Waals surface area contributed by atoms with Crippen LogP contribution in [0.2, 0.25) is 0 Å². The quantitative estimate of drug-likeness (QED) is 0.489. The SMILES string of the molecule is [c]1cccc2c1c1ccccc1n2C1CCN(Cc2ccc3c(c2)OCO3)CC1. The summed E-state index contributed by atoms with van der Waals surface area (Å²) in [6, 6.07) is 25.4. The van der Waals surface area contributed by atoms with Crippen molar-refractivity contribution in [2.45, 2.75) is 25.4 Å². The molecular formula is C25H23N2O2. The predicted molar refractivity (Wildman–Crippen MR) is 114 cm³/mol. The molecule has 0 spiro atoms. The van der Waals surface area contributed by atoms with E-state index in [1.54, 1.807) is 0 Å². The molecule has 2 aliphatic rings. The Morgan fingerprint density at radius 2 is 1.72 bits per heavy atom. The minimum atomic E-state index is 0.334. The van der Waals surface area contributed by atoms with Crippen molar-refractivity contribution >= 4 is 21.8 Å². The molecule has 2 aliphatic heterocycles. The van der Waals surface area contributed by atoms with Gasteiger partial charge in [-0.3, -0.25) is 4.90 Å². The number of benzene rings is 3. The van der Waals surface area contributed by atoms with Crippen molar-refractivity contribution in [3.05, 3.63) is 72.3 Å². The van der Waals surface area contributed by atoms with Crippen LogP contribution in [-0.4, -0.2) is 29.3 Å². The van der Waals surface area contributed by atoms with Crippen LogP contribution < -0.4 is 9.47 Å². The first kappa shape index (κ1) is 16.9. The van der Waals surface area contributed by atoms with Gasteiger partial charge >= 0.3 is 0 Å². The number of hydrogen-bond acceptors (Lipinski definition) is 3. The predicted octanol–water partition coefficient (Wildman–Crippen LogP) is 5.16. The highest BCUT2D eigenvalue weighted by Crippen LogP contribution is 2.36. The number of rotatable bonds is 3. The highest BCUT2D eigenvalue weighted by atomic mass is 16.7. The summed E-state index contributed by atoms with van der Waals surface area (Å²) >= 11 is 0. The molecule has 0 saturated carbocycles. The van der Waals surface area contributed by atoms with Crippen LogP contribution in [0.25, 0.3) is 21.8 Å². The molecule has 0 atom stereocenters. The molecule has 1 saturated heterocycles. The van der Waals surface area contributed by atoms with Gasteiger partial charge in [-0.05, 0) is 48.7 Å². The van der Waals surface area contributed by atoms with Crippen LogP contribution in [0.5, 0.6) is 11.5 Å². The molecule has 1 aromatic heterocycles. The normalized spacial score (nSPS) is 17.4. The second-order valence-corrected chi connectivity index (χ2v) is 8.01. The number of likely N-dealkylation sites (tertiary alicyclic amines) is 1. The van der Waals surface area contributed by atoms with Gasteiger partial charge in [-0.25, -0.2) is 0 Å². The zero-order valence-electron chi connectivity index (χ0n) is 16.3. The maximum atomic E-state index is 5.53. The molecule has 0 bridgehead atoms. The van der Waals surface area contributed by atoms with Crippen molar-refractivity contribution in [1.82, 2.24) is 9.47 Å². The van der Waals surface area contributed by atoms with Gasteiger partial charge in [0.25, 0.3) is 0 Å². The number of piperidine rings is 1. The molecule has 145 valence electrons. The zero-order valence-corrected chi connectivity index (χ0v) is 16.3. The van der Waals surface area contributed by atoms with Crippen LogP contribution in [0.4, 0.5) is 0 Å². The van der Waals surface area contributed by atoms with E-state index >= 15 is 0 Å². The smallest absolute Gasteiger partial charge is 0.231 e. The fourth-order valence-corrected chi connectivity index (χ4v) is 4.90. The van der Waals surface area contributed by atoms with E-state index in [0.29, 0.717) is 12.8 Å². The average molecular weight is 383 g/mol. The lowest BCUT2D eigenvalue weighted by Crippen LogP contribution is -2.34. The molecule has 4 heteroatoms. The molecule has 0 N–H and O–H groups in total. The lowest BCUT2D eigenvalue weighted by molar-refractivity contribution is 0.173. The van der Waals surface area contributed by atoms with Gasteiger partial charge < -0.3 is 14.0 Å². The summed E-state index contributed by atoms with van der Waals surface area (Å²) < 4.78 is 13.5. The van der Waals surface area contributed by atoms with Gasteiger partial charge in [-0.1, -0.05) is 36.4 Å². The van der Waals surface area contributed by atoms with Crippen molar-refractivity contribution in [2.75, 3.05) is 19.9 Å². The maximum Gasteiger partial charge on any atom is 0.231 e. The number of aromatic nitrogens is 1. The molecule has 6 rings (SSSR count). The van der Waals surface area contributed by atoms with Crippen LogP contribution in [0.1, 0.15) is 24.4 Å². The summed E-state index contributed by atoms with van der Waals surface area (Å²) in [7, 11) is 0. The third-order valence-electron chi connectivity index (χ3n) is 6.29. The molecule has 0 aliphatic carbocycles. The molecule has 29 heavy (non-hydrogen) atoms.